The van der Waals surface area contributed by atoms with Gasteiger partial charge < -0.3 is 5.32 Å². The van der Waals surface area contributed by atoms with Crippen LogP contribution in [0.2, 0.25) is 4.34 Å². The summed E-state index contributed by atoms with van der Waals surface area (Å²) in [5.74, 6) is 0.922. The molecule has 26 heavy (non-hydrogen) atoms. The number of thiophene rings is 1. The van der Waals surface area contributed by atoms with Gasteiger partial charge in [-0.2, -0.15) is 5.10 Å². The van der Waals surface area contributed by atoms with Crippen molar-refractivity contribution in [3.05, 3.63) is 55.9 Å². The van der Waals surface area contributed by atoms with E-state index in [0.717, 1.165) is 63.3 Å². The molecule has 0 atom stereocenters. The zero-order chi connectivity index (χ0) is 18.3. The minimum absolute atomic E-state index is 0.0594. The first-order chi connectivity index (χ1) is 12.5. The van der Waals surface area contributed by atoms with E-state index >= 15 is 0 Å². The second-order valence-corrected chi connectivity index (χ2v) is 8.02. The number of aryl methyl sites for hydroxylation is 1. The molecule has 0 saturated heterocycles. The van der Waals surface area contributed by atoms with Gasteiger partial charge in [0.1, 0.15) is 11.5 Å². The predicted octanol–water partition coefficient (Wildman–Crippen LogP) is 5.22. The van der Waals surface area contributed by atoms with Crippen LogP contribution in [0.5, 0.6) is 0 Å². The van der Waals surface area contributed by atoms with Crippen molar-refractivity contribution in [2.45, 2.75) is 26.2 Å². The molecule has 1 N–H and O–H groups in total. The van der Waals surface area contributed by atoms with Crippen LogP contribution in [0, 0.1) is 17.0 Å². The standard InChI is InChI=1S/C18H17ClN4O2S/c1-11-5-6-12(23(24)25)10-14(11)22-18-13(4-2-3-9-20-18)17(21-22)15-7-8-16(19)26-15/h5-8,10,20H,2-4,9H2,1H3. The molecule has 0 bridgehead atoms. The Morgan fingerprint density at radius 2 is 2.15 bits per heavy atom. The largest absolute Gasteiger partial charge is 0.370 e. The SMILES string of the molecule is Cc1ccc([N+](=O)[O-])cc1-n1nc(-c2ccc(Cl)s2)c2c1NCCCC2. The minimum Gasteiger partial charge on any atom is -0.370 e. The van der Waals surface area contributed by atoms with E-state index in [-0.39, 0.29) is 10.6 Å². The topological polar surface area (TPSA) is 73.0 Å². The number of aromatic nitrogens is 2. The van der Waals surface area contributed by atoms with Gasteiger partial charge in [-0.25, -0.2) is 4.68 Å². The van der Waals surface area contributed by atoms with Crippen LogP contribution in [0.4, 0.5) is 11.5 Å². The second kappa shape index (κ2) is 6.74. The molecule has 6 nitrogen and oxygen atoms in total. The van der Waals surface area contributed by atoms with Crippen LogP contribution in [0.15, 0.2) is 30.3 Å². The maximum Gasteiger partial charge on any atom is 0.271 e. The Hall–Kier alpha value is -2.38. The van der Waals surface area contributed by atoms with E-state index < -0.39 is 0 Å². The monoisotopic (exact) mass is 388 g/mol. The highest BCUT2D eigenvalue weighted by atomic mass is 35.5. The Labute approximate surface area is 159 Å². The highest BCUT2D eigenvalue weighted by Crippen LogP contribution is 2.38. The van der Waals surface area contributed by atoms with E-state index in [4.69, 9.17) is 16.7 Å². The van der Waals surface area contributed by atoms with Gasteiger partial charge in [-0.15, -0.1) is 11.3 Å². The summed E-state index contributed by atoms with van der Waals surface area (Å²) in [6.45, 7) is 2.79. The molecule has 0 saturated carbocycles. The fourth-order valence-electron chi connectivity index (χ4n) is 3.26. The number of nitrogens with zero attached hydrogens (tertiary/aromatic N) is 3. The van der Waals surface area contributed by atoms with Gasteiger partial charge in [0, 0.05) is 24.2 Å². The maximum absolute atomic E-state index is 11.2. The zero-order valence-corrected chi connectivity index (χ0v) is 15.7. The number of nitrogens with one attached hydrogen (secondary N) is 1. The minimum atomic E-state index is -0.376. The van der Waals surface area contributed by atoms with Crippen molar-refractivity contribution in [2.24, 2.45) is 0 Å². The number of fused-ring (bicyclic) bond motifs is 1. The Bertz CT molecular complexity index is 995. The van der Waals surface area contributed by atoms with E-state index in [9.17, 15) is 10.1 Å². The number of non-ortho nitro benzene ring substituents is 1. The fraction of sp³-hybridized carbons (Fsp3) is 0.278. The third kappa shape index (κ3) is 2.97. The number of nitro benzene ring substituents is 1. The van der Waals surface area contributed by atoms with Crippen molar-refractivity contribution in [1.82, 2.24) is 9.78 Å². The van der Waals surface area contributed by atoms with E-state index in [2.05, 4.69) is 5.32 Å². The van der Waals surface area contributed by atoms with Crippen molar-refractivity contribution in [3.8, 4) is 16.3 Å². The number of hydrogen-bond donors (Lipinski definition) is 1. The van der Waals surface area contributed by atoms with Gasteiger partial charge in [0.2, 0.25) is 0 Å². The number of benzene rings is 1. The third-order valence-corrected chi connectivity index (χ3v) is 5.81. The molecular weight excluding hydrogens is 372 g/mol. The quantitative estimate of drug-likeness (QED) is 0.493. The molecule has 0 amide bonds. The van der Waals surface area contributed by atoms with Crippen LogP contribution in [0.1, 0.15) is 24.0 Å². The number of hydrogen-bond acceptors (Lipinski definition) is 5. The Morgan fingerprint density at radius 3 is 2.88 bits per heavy atom. The van der Waals surface area contributed by atoms with E-state index in [1.807, 2.05) is 23.7 Å². The van der Waals surface area contributed by atoms with Gasteiger partial charge >= 0.3 is 0 Å². The summed E-state index contributed by atoms with van der Waals surface area (Å²) in [4.78, 5) is 11.9. The van der Waals surface area contributed by atoms with Crippen molar-refractivity contribution >= 4 is 34.4 Å². The molecule has 0 radical (unpaired) electrons. The summed E-state index contributed by atoms with van der Waals surface area (Å²) in [5.41, 5.74) is 3.76. The highest BCUT2D eigenvalue weighted by Gasteiger charge is 2.24. The molecule has 1 aliphatic rings. The summed E-state index contributed by atoms with van der Waals surface area (Å²) in [6, 6.07) is 8.72. The first kappa shape index (κ1) is 17.1. The summed E-state index contributed by atoms with van der Waals surface area (Å²) < 4.78 is 2.53. The molecule has 8 heteroatoms. The van der Waals surface area contributed by atoms with Gasteiger partial charge in [-0.05, 0) is 43.9 Å². The molecule has 3 heterocycles. The lowest BCUT2D eigenvalue weighted by Gasteiger charge is -2.11. The summed E-state index contributed by atoms with van der Waals surface area (Å²) >= 11 is 7.62. The van der Waals surface area contributed by atoms with Crippen LogP contribution in [-0.2, 0) is 6.42 Å². The molecule has 4 rings (SSSR count). The predicted molar refractivity (Wildman–Crippen MR) is 105 cm³/mol. The number of nitro groups is 1. The van der Waals surface area contributed by atoms with Gasteiger partial charge in [-0.3, -0.25) is 10.1 Å². The lowest BCUT2D eigenvalue weighted by atomic mass is 10.1. The number of halogens is 1. The summed E-state index contributed by atoms with van der Waals surface area (Å²) in [5, 5.41) is 19.5. The second-order valence-electron chi connectivity index (χ2n) is 6.30. The molecule has 0 spiro atoms. The normalized spacial score (nSPS) is 13.8. The average Bonchev–Trinajstić information content (AvgIpc) is 3.10. The first-order valence-corrected chi connectivity index (χ1v) is 9.61. The van der Waals surface area contributed by atoms with E-state index in [0.29, 0.717) is 0 Å². The summed E-state index contributed by atoms with van der Waals surface area (Å²) in [7, 11) is 0. The third-order valence-electron chi connectivity index (χ3n) is 4.57. The van der Waals surface area contributed by atoms with Crippen molar-refractivity contribution in [1.29, 1.82) is 0 Å². The number of anilines is 1. The molecule has 134 valence electrons. The Kier molecular flexibility index (Phi) is 4.42. The van der Waals surface area contributed by atoms with Crippen LogP contribution >= 0.6 is 22.9 Å². The average molecular weight is 389 g/mol. The molecule has 1 aliphatic heterocycles. The summed E-state index contributed by atoms with van der Waals surface area (Å²) in [6.07, 6.45) is 3.07. The highest BCUT2D eigenvalue weighted by molar-refractivity contribution is 7.19. The van der Waals surface area contributed by atoms with Gasteiger partial charge in [0.25, 0.3) is 5.69 Å². The molecule has 2 aromatic heterocycles. The van der Waals surface area contributed by atoms with E-state index in [1.54, 1.807) is 12.1 Å². The smallest absolute Gasteiger partial charge is 0.271 e. The molecule has 3 aromatic rings. The Balaban J connectivity index is 1.93. The van der Waals surface area contributed by atoms with Crippen molar-refractivity contribution < 1.29 is 4.92 Å². The maximum atomic E-state index is 11.2. The van der Waals surface area contributed by atoms with Gasteiger partial charge in [0.15, 0.2) is 0 Å². The first-order valence-electron chi connectivity index (χ1n) is 8.41. The van der Waals surface area contributed by atoms with E-state index in [1.165, 1.54) is 17.4 Å². The molecule has 0 fully saturated rings. The van der Waals surface area contributed by atoms with Crippen molar-refractivity contribution in [2.75, 3.05) is 11.9 Å². The molecule has 0 aliphatic carbocycles. The van der Waals surface area contributed by atoms with Gasteiger partial charge in [-0.1, -0.05) is 17.7 Å². The molecule has 0 unspecified atom stereocenters. The fourth-order valence-corrected chi connectivity index (χ4v) is 4.31. The van der Waals surface area contributed by atoms with Crippen LogP contribution < -0.4 is 5.32 Å². The Morgan fingerprint density at radius 1 is 1.31 bits per heavy atom. The van der Waals surface area contributed by atoms with Gasteiger partial charge in [0.05, 0.1) is 19.8 Å². The van der Waals surface area contributed by atoms with Crippen LogP contribution in [0.3, 0.4) is 0 Å². The molecule has 1 aromatic carbocycles. The van der Waals surface area contributed by atoms with Crippen LogP contribution in [-0.4, -0.2) is 21.2 Å². The lowest BCUT2D eigenvalue weighted by molar-refractivity contribution is -0.384. The lowest BCUT2D eigenvalue weighted by Crippen LogP contribution is -2.08. The zero-order valence-electron chi connectivity index (χ0n) is 14.2. The van der Waals surface area contributed by atoms with Crippen molar-refractivity contribution in [3.63, 3.8) is 0 Å². The molecular formula is C18H17ClN4O2S. The number of rotatable bonds is 3. The van der Waals surface area contributed by atoms with Crippen LogP contribution in [0.25, 0.3) is 16.3 Å².